The van der Waals surface area contributed by atoms with Crippen LogP contribution < -0.4 is 14.4 Å². The van der Waals surface area contributed by atoms with E-state index in [1.807, 2.05) is 42.5 Å². The van der Waals surface area contributed by atoms with Crippen LogP contribution in [0.4, 0.5) is 5.69 Å². The number of fused-ring (bicyclic) bond motifs is 1. The second-order valence-corrected chi connectivity index (χ2v) is 5.30. The van der Waals surface area contributed by atoms with Crippen molar-refractivity contribution in [2.45, 2.75) is 0 Å². The molecule has 0 aromatic heterocycles. The summed E-state index contributed by atoms with van der Waals surface area (Å²) < 4.78 is 10.6. The van der Waals surface area contributed by atoms with Crippen LogP contribution in [0.3, 0.4) is 0 Å². The van der Waals surface area contributed by atoms with Gasteiger partial charge in [0.1, 0.15) is 6.07 Å². The van der Waals surface area contributed by atoms with Gasteiger partial charge in [0.05, 0.1) is 12.8 Å². The summed E-state index contributed by atoms with van der Waals surface area (Å²) in [6.45, 7) is -0.0482. The van der Waals surface area contributed by atoms with E-state index in [-0.39, 0.29) is 12.5 Å². The number of carbonyl (C=O) groups is 1. The van der Waals surface area contributed by atoms with Crippen LogP contribution in [0.25, 0.3) is 11.6 Å². The summed E-state index contributed by atoms with van der Waals surface area (Å²) in [4.78, 5) is 14.1. The van der Waals surface area contributed by atoms with Gasteiger partial charge in [-0.05, 0) is 29.8 Å². The number of hydrogen-bond donors (Lipinski definition) is 0. The van der Waals surface area contributed by atoms with Gasteiger partial charge in [-0.1, -0.05) is 24.3 Å². The SMILES string of the molecule is COc1cc(/C=C2/C(=O)N(C)c3ccccc32)ccc1OCC#N. The molecule has 0 bridgehead atoms. The summed E-state index contributed by atoms with van der Waals surface area (Å²) in [6, 6.07) is 15.0. The smallest absolute Gasteiger partial charge is 0.258 e. The van der Waals surface area contributed by atoms with Crippen molar-refractivity contribution in [3.05, 3.63) is 53.6 Å². The number of anilines is 1. The maximum absolute atomic E-state index is 12.5. The number of para-hydroxylation sites is 1. The predicted molar refractivity (Wildman–Crippen MR) is 91.8 cm³/mol. The molecule has 24 heavy (non-hydrogen) atoms. The first kappa shape index (κ1) is 15.6. The summed E-state index contributed by atoms with van der Waals surface area (Å²) in [5.74, 6) is 0.975. The van der Waals surface area contributed by atoms with Gasteiger partial charge in [0, 0.05) is 18.2 Å². The summed E-state index contributed by atoms with van der Waals surface area (Å²) in [5, 5.41) is 8.62. The lowest BCUT2D eigenvalue weighted by Crippen LogP contribution is -2.20. The Hall–Kier alpha value is -3.26. The number of rotatable bonds is 4. The number of hydrogen-bond acceptors (Lipinski definition) is 4. The lowest BCUT2D eigenvalue weighted by atomic mass is 10.0. The van der Waals surface area contributed by atoms with Crippen molar-refractivity contribution in [2.24, 2.45) is 0 Å². The van der Waals surface area contributed by atoms with Gasteiger partial charge >= 0.3 is 0 Å². The largest absolute Gasteiger partial charge is 0.493 e. The molecule has 0 saturated carbocycles. The number of carbonyl (C=O) groups excluding carboxylic acids is 1. The molecule has 1 aliphatic rings. The molecule has 0 fully saturated rings. The molecule has 1 aliphatic heterocycles. The third-order valence-corrected chi connectivity index (χ3v) is 3.88. The summed E-state index contributed by atoms with van der Waals surface area (Å²) in [6.07, 6.45) is 1.83. The fourth-order valence-electron chi connectivity index (χ4n) is 2.71. The number of nitriles is 1. The van der Waals surface area contributed by atoms with E-state index in [2.05, 4.69) is 0 Å². The average Bonchev–Trinajstić information content (AvgIpc) is 2.86. The third kappa shape index (κ3) is 2.70. The van der Waals surface area contributed by atoms with E-state index in [1.165, 1.54) is 7.11 Å². The molecule has 5 heteroatoms. The van der Waals surface area contributed by atoms with E-state index < -0.39 is 0 Å². The Morgan fingerprint density at radius 2 is 2.00 bits per heavy atom. The summed E-state index contributed by atoms with van der Waals surface area (Å²) >= 11 is 0. The topological polar surface area (TPSA) is 62.6 Å². The van der Waals surface area contributed by atoms with Crippen LogP contribution in [0.5, 0.6) is 11.5 Å². The molecule has 1 amide bonds. The number of amides is 1. The maximum atomic E-state index is 12.5. The standard InChI is InChI=1S/C19H16N2O3/c1-21-16-6-4-3-5-14(16)15(19(21)22)11-13-7-8-17(24-10-9-20)18(12-13)23-2/h3-8,11-12H,10H2,1-2H3/b15-11+. The van der Waals surface area contributed by atoms with Gasteiger partial charge in [0.15, 0.2) is 18.1 Å². The van der Waals surface area contributed by atoms with Crippen molar-refractivity contribution in [1.29, 1.82) is 5.26 Å². The molecule has 0 N–H and O–H groups in total. The van der Waals surface area contributed by atoms with Crippen LogP contribution in [0.15, 0.2) is 42.5 Å². The van der Waals surface area contributed by atoms with Crippen molar-refractivity contribution in [1.82, 2.24) is 0 Å². The van der Waals surface area contributed by atoms with Crippen molar-refractivity contribution < 1.29 is 14.3 Å². The average molecular weight is 320 g/mol. The number of likely N-dealkylation sites (N-methyl/N-ethyl adjacent to an activating group) is 1. The van der Waals surface area contributed by atoms with Crippen molar-refractivity contribution in [3.8, 4) is 17.6 Å². The maximum Gasteiger partial charge on any atom is 0.258 e. The van der Waals surface area contributed by atoms with Crippen LogP contribution in [0.1, 0.15) is 11.1 Å². The Kier molecular flexibility index (Phi) is 4.21. The Labute approximate surface area is 140 Å². The molecule has 0 atom stereocenters. The van der Waals surface area contributed by atoms with E-state index in [4.69, 9.17) is 14.7 Å². The molecule has 5 nitrogen and oxygen atoms in total. The van der Waals surface area contributed by atoms with Gasteiger partial charge in [0.25, 0.3) is 5.91 Å². The summed E-state index contributed by atoms with van der Waals surface area (Å²) in [7, 11) is 3.30. The molecule has 1 heterocycles. The van der Waals surface area contributed by atoms with Gasteiger partial charge in [-0.15, -0.1) is 0 Å². The second-order valence-electron chi connectivity index (χ2n) is 5.30. The van der Waals surface area contributed by atoms with E-state index in [0.29, 0.717) is 17.1 Å². The second kappa shape index (κ2) is 6.47. The highest BCUT2D eigenvalue weighted by molar-refractivity contribution is 6.35. The van der Waals surface area contributed by atoms with Crippen LogP contribution in [-0.2, 0) is 4.79 Å². The molecular formula is C19H16N2O3. The zero-order chi connectivity index (χ0) is 17.1. The Balaban J connectivity index is 2.00. The van der Waals surface area contributed by atoms with E-state index in [0.717, 1.165) is 16.8 Å². The number of nitrogens with zero attached hydrogens (tertiary/aromatic N) is 2. The van der Waals surface area contributed by atoms with Crippen LogP contribution in [-0.4, -0.2) is 26.7 Å². The van der Waals surface area contributed by atoms with E-state index >= 15 is 0 Å². The first-order chi connectivity index (χ1) is 11.7. The molecule has 120 valence electrons. The number of ether oxygens (including phenoxy) is 2. The molecule has 0 saturated heterocycles. The quantitative estimate of drug-likeness (QED) is 0.812. The van der Waals surface area contributed by atoms with Gasteiger partial charge in [-0.2, -0.15) is 5.26 Å². The molecular weight excluding hydrogens is 304 g/mol. The summed E-state index contributed by atoms with van der Waals surface area (Å²) in [5.41, 5.74) is 3.27. The minimum absolute atomic E-state index is 0.0417. The van der Waals surface area contributed by atoms with Crippen LogP contribution in [0.2, 0.25) is 0 Å². The lowest BCUT2D eigenvalue weighted by Gasteiger charge is -2.09. The van der Waals surface area contributed by atoms with Crippen molar-refractivity contribution in [2.75, 3.05) is 25.7 Å². The Bertz CT molecular complexity index is 865. The minimum atomic E-state index is -0.0482. The zero-order valence-corrected chi connectivity index (χ0v) is 13.4. The molecule has 2 aromatic rings. The highest BCUT2D eigenvalue weighted by atomic mass is 16.5. The van der Waals surface area contributed by atoms with Gasteiger partial charge in [-0.25, -0.2) is 0 Å². The zero-order valence-electron chi connectivity index (χ0n) is 13.4. The third-order valence-electron chi connectivity index (χ3n) is 3.88. The molecule has 0 radical (unpaired) electrons. The Morgan fingerprint density at radius 3 is 2.75 bits per heavy atom. The number of methoxy groups -OCH3 is 1. The number of benzene rings is 2. The highest BCUT2D eigenvalue weighted by Crippen LogP contribution is 2.37. The molecule has 0 aliphatic carbocycles. The first-order valence-corrected chi connectivity index (χ1v) is 7.42. The Morgan fingerprint density at radius 1 is 1.21 bits per heavy atom. The predicted octanol–water partition coefficient (Wildman–Crippen LogP) is 3.11. The lowest BCUT2D eigenvalue weighted by molar-refractivity contribution is -0.112. The van der Waals surface area contributed by atoms with E-state index in [9.17, 15) is 4.79 Å². The van der Waals surface area contributed by atoms with Crippen molar-refractivity contribution >= 4 is 23.2 Å². The van der Waals surface area contributed by atoms with Crippen LogP contribution >= 0.6 is 0 Å². The molecule has 2 aromatic carbocycles. The normalized spacial score (nSPS) is 14.5. The molecule has 0 unspecified atom stereocenters. The van der Waals surface area contributed by atoms with Gasteiger partial charge in [0.2, 0.25) is 0 Å². The minimum Gasteiger partial charge on any atom is -0.493 e. The van der Waals surface area contributed by atoms with Gasteiger partial charge in [-0.3, -0.25) is 4.79 Å². The fraction of sp³-hybridized carbons (Fsp3) is 0.158. The van der Waals surface area contributed by atoms with E-state index in [1.54, 1.807) is 24.1 Å². The monoisotopic (exact) mass is 320 g/mol. The van der Waals surface area contributed by atoms with Crippen LogP contribution in [0, 0.1) is 11.3 Å². The fourth-order valence-corrected chi connectivity index (χ4v) is 2.71. The molecule has 0 spiro atoms. The molecule has 3 rings (SSSR count). The van der Waals surface area contributed by atoms with Crippen molar-refractivity contribution in [3.63, 3.8) is 0 Å². The first-order valence-electron chi connectivity index (χ1n) is 7.42. The van der Waals surface area contributed by atoms with Gasteiger partial charge < -0.3 is 14.4 Å². The highest BCUT2D eigenvalue weighted by Gasteiger charge is 2.29.